The van der Waals surface area contributed by atoms with Crippen molar-refractivity contribution in [3.63, 3.8) is 0 Å². The Balaban J connectivity index is 0.00000320. The van der Waals surface area contributed by atoms with Gasteiger partial charge in [0.1, 0.15) is 0 Å². The number of halogens is 1. The van der Waals surface area contributed by atoms with E-state index in [0.29, 0.717) is 12.2 Å². The molecule has 1 amide bonds. The number of hydrogen-bond acceptors (Lipinski definition) is 4. The number of aliphatic imine (C=N–C) groups is 1. The van der Waals surface area contributed by atoms with Crippen LogP contribution in [0.25, 0.3) is 0 Å². The van der Waals surface area contributed by atoms with Crippen LogP contribution in [0.2, 0.25) is 0 Å². The number of nitrogens with one attached hydrogen (secondary N) is 3. The van der Waals surface area contributed by atoms with Crippen LogP contribution in [0, 0.1) is 0 Å². The van der Waals surface area contributed by atoms with Crippen LogP contribution < -0.4 is 16.0 Å². The molecule has 0 unspecified atom stereocenters. The number of carbonyl (C=O) groups excluding carboxylic acids is 1. The summed E-state index contributed by atoms with van der Waals surface area (Å²) in [4.78, 5) is 17.8. The minimum absolute atomic E-state index is 0. The molecule has 3 aromatic rings. The lowest BCUT2D eigenvalue weighted by Gasteiger charge is -2.25. The van der Waals surface area contributed by atoms with E-state index in [4.69, 9.17) is 4.42 Å². The number of rotatable bonds is 7. The molecule has 0 aliphatic rings. The van der Waals surface area contributed by atoms with Crippen molar-refractivity contribution < 1.29 is 9.21 Å². The maximum Gasteiger partial charge on any atom is 0.291 e. The van der Waals surface area contributed by atoms with E-state index in [1.165, 1.54) is 11.1 Å². The van der Waals surface area contributed by atoms with Crippen LogP contribution in [-0.4, -0.2) is 25.5 Å². The van der Waals surface area contributed by atoms with Crippen molar-refractivity contribution in [1.82, 2.24) is 10.6 Å². The standard InChI is InChI=1S/C22H26N4O2S.HI/c1-22(2,19-10-6-12-29-19)15-25-21(23-3)24-14-16-7-4-8-17(13-16)26-20(27)18-9-5-11-28-18;/h4-13H,14-15H2,1-3H3,(H,26,27)(H2,23,24,25);1H. The molecule has 6 nitrogen and oxygen atoms in total. The van der Waals surface area contributed by atoms with Crippen LogP contribution in [0.3, 0.4) is 0 Å². The monoisotopic (exact) mass is 538 g/mol. The Kier molecular flexibility index (Phi) is 8.91. The molecule has 8 heteroatoms. The van der Waals surface area contributed by atoms with E-state index < -0.39 is 0 Å². The number of thiophene rings is 1. The highest BCUT2D eigenvalue weighted by Crippen LogP contribution is 2.26. The third-order valence-corrected chi connectivity index (χ3v) is 5.74. The van der Waals surface area contributed by atoms with Gasteiger partial charge in [-0.3, -0.25) is 9.79 Å². The van der Waals surface area contributed by atoms with Crippen LogP contribution in [0.5, 0.6) is 0 Å². The zero-order chi connectivity index (χ0) is 20.7. The highest BCUT2D eigenvalue weighted by atomic mass is 127. The maximum absolute atomic E-state index is 12.1. The highest BCUT2D eigenvalue weighted by Gasteiger charge is 2.21. The average molecular weight is 538 g/mol. The number of carbonyl (C=O) groups is 1. The Morgan fingerprint density at radius 3 is 2.63 bits per heavy atom. The van der Waals surface area contributed by atoms with E-state index in [-0.39, 0.29) is 41.1 Å². The normalized spacial score (nSPS) is 11.5. The number of benzene rings is 1. The number of anilines is 1. The van der Waals surface area contributed by atoms with Gasteiger partial charge < -0.3 is 20.4 Å². The van der Waals surface area contributed by atoms with Crippen molar-refractivity contribution in [3.05, 3.63) is 76.4 Å². The maximum atomic E-state index is 12.1. The Morgan fingerprint density at radius 2 is 1.97 bits per heavy atom. The first kappa shape index (κ1) is 23.9. The summed E-state index contributed by atoms with van der Waals surface area (Å²) in [6.45, 7) is 5.78. The molecule has 0 atom stereocenters. The fraction of sp³-hybridized carbons (Fsp3) is 0.273. The molecule has 3 rings (SSSR count). The van der Waals surface area contributed by atoms with Crippen molar-refractivity contribution in [3.8, 4) is 0 Å². The van der Waals surface area contributed by atoms with E-state index in [1.54, 1.807) is 30.5 Å². The number of nitrogens with zero attached hydrogens (tertiary/aromatic N) is 1. The van der Waals surface area contributed by atoms with Crippen molar-refractivity contribution in [2.24, 2.45) is 4.99 Å². The van der Waals surface area contributed by atoms with Gasteiger partial charge in [-0.25, -0.2) is 0 Å². The molecule has 2 aromatic heterocycles. The molecule has 3 N–H and O–H groups in total. The minimum atomic E-state index is -0.270. The van der Waals surface area contributed by atoms with Gasteiger partial charge in [0.05, 0.1) is 6.26 Å². The van der Waals surface area contributed by atoms with Crippen molar-refractivity contribution in [2.45, 2.75) is 25.8 Å². The molecule has 0 aliphatic carbocycles. The molecule has 0 aliphatic heterocycles. The molecule has 0 saturated carbocycles. The summed E-state index contributed by atoms with van der Waals surface area (Å²) in [6, 6.07) is 15.2. The molecule has 30 heavy (non-hydrogen) atoms. The second-order valence-electron chi connectivity index (χ2n) is 7.27. The van der Waals surface area contributed by atoms with E-state index in [9.17, 15) is 4.79 Å². The Hall–Kier alpha value is -2.33. The largest absolute Gasteiger partial charge is 0.459 e. The first-order valence-corrected chi connectivity index (χ1v) is 10.3. The summed E-state index contributed by atoms with van der Waals surface area (Å²) in [7, 11) is 1.76. The van der Waals surface area contributed by atoms with Crippen LogP contribution in [0.15, 0.2) is 69.6 Å². The van der Waals surface area contributed by atoms with Gasteiger partial charge in [0.25, 0.3) is 5.91 Å². The van der Waals surface area contributed by atoms with Gasteiger partial charge in [0, 0.05) is 36.1 Å². The zero-order valence-electron chi connectivity index (χ0n) is 17.3. The lowest BCUT2D eigenvalue weighted by atomic mass is 9.91. The summed E-state index contributed by atoms with van der Waals surface area (Å²) in [5, 5.41) is 11.7. The second-order valence-corrected chi connectivity index (χ2v) is 8.22. The van der Waals surface area contributed by atoms with E-state index in [1.807, 2.05) is 24.3 Å². The third kappa shape index (κ3) is 6.60. The van der Waals surface area contributed by atoms with Crippen molar-refractivity contribution in [1.29, 1.82) is 0 Å². The molecule has 0 fully saturated rings. The molecule has 2 heterocycles. The lowest BCUT2D eigenvalue weighted by molar-refractivity contribution is 0.0996. The van der Waals surface area contributed by atoms with Crippen LogP contribution in [0.1, 0.15) is 34.8 Å². The lowest BCUT2D eigenvalue weighted by Crippen LogP contribution is -2.42. The number of amides is 1. The first-order chi connectivity index (χ1) is 14.0. The van der Waals surface area contributed by atoms with Crippen LogP contribution >= 0.6 is 35.3 Å². The minimum Gasteiger partial charge on any atom is -0.459 e. The summed E-state index contributed by atoms with van der Waals surface area (Å²) in [6.07, 6.45) is 1.48. The predicted molar refractivity (Wildman–Crippen MR) is 134 cm³/mol. The summed E-state index contributed by atoms with van der Waals surface area (Å²) in [5.41, 5.74) is 1.76. The number of furan rings is 1. The average Bonchev–Trinajstić information content (AvgIpc) is 3.42. The smallest absolute Gasteiger partial charge is 0.291 e. The summed E-state index contributed by atoms with van der Waals surface area (Å²) >= 11 is 1.76. The zero-order valence-corrected chi connectivity index (χ0v) is 20.4. The van der Waals surface area contributed by atoms with Crippen molar-refractivity contribution >= 4 is 52.9 Å². The summed E-state index contributed by atoms with van der Waals surface area (Å²) in [5.74, 6) is 0.750. The predicted octanol–water partition coefficient (Wildman–Crippen LogP) is 4.85. The first-order valence-electron chi connectivity index (χ1n) is 9.40. The van der Waals surface area contributed by atoms with Crippen LogP contribution in [0.4, 0.5) is 5.69 Å². The van der Waals surface area contributed by atoms with Gasteiger partial charge in [-0.1, -0.05) is 32.0 Å². The second kappa shape index (κ2) is 11.2. The highest BCUT2D eigenvalue weighted by molar-refractivity contribution is 14.0. The third-order valence-electron chi connectivity index (χ3n) is 4.50. The fourth-order valence-electron chi connectivity index (χ4n) is 2.82. The van der Waals surface area contributed by atoms with E-state index >= 15 is 0 Å². The number of guanidine groups is 1. The van der Waals surface area contributed by atoms with Gasteiger partial charge in [0.15, 0.2) is 11.7 Å². The summed E-state index contributed by atoms with van der Waals surface area (Å²) < 4.78 is 5.12. The molecular weight excluding hydrogens is 511 g/mol. The molecule has 1 aromatic carbocycles. The Bertz CT molecular complexity index is 953. The fourth-order valence-corrected chi connectivity index (χ4v) is 3.67. The van der Waals surface area contributed by atoms with Gasteiger partial charge in [-0.2, -0.15) is 0 Å². The van der Waals surface area contributed by atoms with Crippen molar-refractivity contribution in [2.75, 3.05) is 18.9 Å². The quantitative estimate of drug-likeness (QED) is 0.228. The molecular formula is C22H27IN4O2S. The topological polar surface area (TPSA) is 78.7 Å². The van der Waals surface area contributed by atoms with E-state index in [0.717, 1.165) is 18.1 Å². The molecule has 0 bridgehead atoms. The molecule has 0 radical (unpaired) electrons. The van der Waals surface area contributed by atoms with Gasteiger partial charge in [-0.15, -0.1) is 35.3 Å². The molecule has 0 saturated heterocycles. The van der Waals surface area contributed by atoms with Crippen LogP contribution in [-0.2, 0) is 12.0 Å². The van der Waals surface area contributed by atoms with Gasteiger partial charge in [0.2, 0.25) is 0 Å². The SMILES string of the molecule is CN=C(NCc1cccc(NC(=O)c2ccco2)c1)NCC(C)(C)c1cccs1.I. The Morgan fingerprint density at radius 1 is 1.13 bits per heavy atom. The Labute approximate surface area is 198 Å². The van der Waals surface area contributed by atoms with Gasteiger partial charge >= 0.3 is 0 Å². The van der Waals surface area contributed by atoms with E-state index in [2.05, 4.69) is 52.3 Å². The molecule has 0 spiro atoms. The molecule has 160 valence electrons. The van der Waals surface area contributed by atoms with Gasteiger partial charge in [-0.05, 0) is 41.3 Å². The number of hydrogen-bond donors (Lipinski definition) is 3.